The van der Waals surface area contributed by atoms with E-state index in [1.54, 1.807) is 0 Å². The number of methoxy groups -OCH3 is 3. The van der Waals surface area contributed by atoms with Crippen LogP contribution in [0.2, 0.25) is 0 Å². The Labute approximate surface area is 194 Å². The molecule has 0 saturated carbocycles. The lowest BCUT2D eigenvalue weighted by Crippen LogP contribution is -2.46. The number of phosphoric ester groups is 1. The molecule has 0 spiro atoms. The molecule has 0 aliphatic carbocycles. The number of rotatable bonds is 21. The largest absolute Gasteiger partial charge is 0.482 e. The second-order valence-corrected chi connectivity index (χ2v) is 8.48. The van der Waals surface area contributed by atoms with Crippen molar-refractivity contribution >= 4 is 7.82 Å². The molecule has 0 saturated heterocycles. The van der Waals surface area contributed by atoms with Gasteiger partial charge >= 0.3 is 7.82 Å². The molecule has 3 unspecified atom stereocenters. The lowest BCUT2D eigenvalue weighted by molar-refractivity contribution is -0.267. The molecule has 3 atom stereocenters. The van der Waals surface area contributed by atoms with Crippen LogP contribution >= 0.6 is 7.82 Å². The normalized spacial score (nSPS) is 19.7. The van der Waals surface area contributed by atoms with Crippen molar-refractivity contribution in [1.29, 1.82) is 0 Å². The quantitative estimate of drug-likeness (QED) is 0.169. The Balaban J connectivity index is 6.31. The van der Waals surface area contributed by atoms with Crippen LogP contribution in [0.4, 0.5) is 0 Å². The van der Waals surface area contributed by atoms with Gasteiger partial charge < -0.3 is 28.4 Å². The average Bonchev–Trinajstić information content (AvgIpc) is 2.82. The van der Waals surface area contributed by atoms with Gasteiger partial charge in [-0.1, -0.05) is 20.8 Å². The maximum Gasteiger partial charge on any atom is 0.482 e. The van der Waals surface area contributed by atoms with E-state index in [2.05, 4.69) is 0 Å². The number of hydrogen-bond donors (Lipinski definition) is 0. The SMILES string of the molecule is CCOCC(CC)(OC)OP(=O)(OC(CC)(COCC)OC)OC(CC)(COCC)OC. The van der Waals surface area contributed by atoms with Crippen molar-refractivity contribution in [1.82, 2.24) is 0 Å². The van der Waals surface area contributed by atoms with Crippen LogP contribution in [-0.4, -0.2) is 78.3 Å². The first-order valence-electron chi connectivity index (χ1n) is 11.3. The summed E-state index contributed by atoms with van der Waals surface area (Å²) < 4.78 is 65.6. The van der Waals surface area contributed by atoms with Crippen LogP contribution < -0.4 is 0 Å². The first-order chi connectivity index (χ1) is 15.2. The maximum atomic E-state index is 14.2. The fourth-order valence-electron chi connectivity index (χ4n) is 2.74. The standard InChI is InChI=1S/C21H45O10P/c1-10-19(23-7,16-26-13-4)29-32(22,30-20(11-2,24-8)17-27-14-5)31-21(12-3,25-9)18-28-15-6/h10-18H2,1-9H3. The van der Waals surface area contributed by atoms with E-state index in [4.69, 9.17) is 42.0 Å². The smallest absolute Gasteiger partial charge is 0.376 e. The Morgan fingerprint density at radius 3 is 0.938 bits per heavy atom. The van der Waals surface area contributed by atoms with Crippen molar-refractivity contribution in [3.8, 4) is 0 Å². The lowest BCUT2D eigenvalue weighted by atomic mass is 10.2. The summed E-state index contributed by atoms with van der Waals surface area (Å²) in [5.41, 5.74) is 0. The van der Waals surface area contributed by atoms with Gasteiger partial charge in [-0.3, -0.25) is 13.6 Å². The minimum absolute atomic E-state index is 0.0162. The van der Waals surface area contributed by atoms with Crippen LogP contribution in [0.25, 0.3) is 0 Å². The molecule has 0 N–H and O–H groups in total. The molecule has 11 heteroatoms. The first-order valence-corrected chi connectivity index (χ1v) is 12.7. The molecule has 0 aromatic rings. The van der Waals surface area contributed by atoms with Crippen LogP contribution in [0.1, 0.15) is 60.8 Å². The molecule has 0 aliphatic rings. The zero-order chi connectivity index (χ0) is 24.7. The zero-order valence-electron chi connectivity index (χ0n) is 21.4. The minimum atomic E-state index is -4.42. The fourth-order valence-corrected chi connectivity index (χ4v) is 4.84. The van der Waals surface area contributed by atoms with Crippen LogP contribution in [-0.2, 0) is 46.6 Å². The molecule has 0 aromatic heterocycles. The minimum Gasteiger partial charge on any atom is -0.376 e. The van der Waals surface area contributed by atoms with E-state index in [0.29, 0.717) is 39.1 Å². The van der Waals surface area contributed by atoms with Gasteiger partial charge in [0.25, 0.3) is 0 Å². The summed E-state index contributed by atoms with van der Waals surface area (Å²) in [6, 6.07) is 0. The van der Waals surface area contributed by atoms with E-state index < -0.39 is 25.2 Å². The Hall–Kier alpha value is -0.130. The highest BCUT2D eigenvalue weighted by molar-refractivity contribution is 7.48. The van der Waals surface area contributed by atoms with E-state index in [9.17, 15) is 4.57 Å². The van der Waals surface area contributed by atoms with Gasteiger partial charge in [-0.15, -0.1) is 0 Å². The third kappa shape index (κ3) is 9.62. The van der Waals surface area contributed by atoms with E-state index in [-0.39, 0.29) is 19.8 Å². The molecular formula is C21H45O10P. The van der Waals surface area contributed by atoms with Crippen LogP contribution in [0.5, 0.6) is 0 Å². The van der Waals surface area contributed by atoms with Crippen LogP contribution in [0.3, 0.4) is 0 Å². The van der Waals surface area contributed by atoms with Crippen molar-refractivity contribution in [3.63, 3.8) is 0 Å². The molecule has 0 aromatic carbocycles. The topological polar surface area (TPSA) is 100 Å². The molecule has 0 aliphatic heterocycles. The number of ether oxygens (including phenoxy) is 6. The molecule has 10 nitrogen and oxygen atoms in total. The van der Waals surface area contributed by atoms with E-state index in [1.807, 2.05) is 41.5 Å². The highest BCUT2D eigenvalue weighted by atomic mass is 31.2. The third-order valence-corrected chi connectivity index (χ3v) is 6.81. The van der Waals surface area contributed by atoms with Crippen molar-refractivity contribution < 1.29 is 46.6 Å². The Kier molecular flexibility index (Phi) is 15.6. The highest BCUT2D eigenvalue weighted by Crippen LogP contribution is 2.59. The summed E-state index contributed by atoms with van der Waals surface area (Å²) in [4.78, 5) is 0. The summed E-state index contributed by atoms with van der Waals surface area (Å²) in [6.45, 7) is 12.3. The van der Waals surface area contributed by atoms with Gasteiger partial charge in [0.05, 0.1) is 0 Å². The fraction of sp³-hybridized carbons (Fsp3) is 1.00. The van der Waals surface area contributed by atoms with Gasteiger partial charge in [0.2, 0.25) is 17.4 Å². The third-order valence-electron chi connectivity index (χ3n) is 5.14. The molecule has 194 valence electrons. The summed E-state index contributed by atoms with van der Waals surface area (Å²) in [7, 11) is -0.0852. The molecule has 32 heavy (non-hydrogen) atoms. The number of hydrogen-bond acceptors (Lipinski definition) is 10. The Morgan fingerprint density at radius 1 is 0.531 bits per heavy atom. The highest BCUT2D eigenvalue weighted by Gasteiger charge is 2.51. The summed E-state index contributed by atoms with van der Waals surface area (Å²) in [5, 5.41) is 0. The molecule has 0 amide bonds. The van der Waals surface area contributed by atoms with Crippen molar-refractivity contribution in [2.75, 3.05) is 61.0 Å². The van der Waals surface area contributed by atoms with Gasteiger partial charge in [-0.2, -0.15) is 0 Å². The summed E-state index contributed by atoms with van der Waals surface area (Å²) >= 11 is 0. The van der Waals surface area contributed by atoms with Gasteiger partial charge in [-0.25, -0.2) is 4.57 Å². The maximum absolute atomic E-state index is 14.2. The van der Waals surface area contributed by atoms with Crippen molar-refractivity contribution in [2.24, 2.45) is 0 Å². The average molecular weight is 489 g/mol. The first kappa shape index (κ1) is 31.9. The van der Waals surface area contributed by atoms with Gasteiger partial charge in [0.1, 0.15) is 19.8 Å². The zero-order valence-corrected chi connectivity index (χ0v) is 22.3. The second-order valence-electron chi connectivity index (χ2n) is 7.04. The molecule has 0 radical (unpaired) electrons. The second kappa shape index (κ2) is 15.7. The van der Waals surface area contributed by atoms with Gasteiger partial charge in [-0.05, 0) is 20.8 Å². The predicted molar refractivity (Wildman–Crippen MR) is 120 cm³/mol. The summed E-state index contributed by atoms with van der Waals surface area (Å²) in [5.74, 6) is -4.16. The monoisotopic (exact) mass is 488 g/mol. The van der Waals surface area contributed by atoms with Crippen LogP contribution in [0.15, 0.2) is 0 Å². The molecule has 0 fully saturated rings. The van der Waals surface area contributed by atoms with Gasteiger partial charge in [0, 0.05) is 60.4 Å². The molecule has 0 heterocycles. The van der Waals surface area contributed by atoms with E-state index in [0.717, 1.165) is 0 Å². The molecular weight excluding hydrogens is 443 g/mol. The van der Waals surface area contributed by atoms with Crippen molar-refractivity contribution in [3.05, 3.63) is 0 Å². The van der Waals surface area contributed by atoms with E-state index >= 15 is 0 Å². The Morgan fingerprint density at radius 2 is 0.781 bits per heavy atom. The van der Waals surface area contributed by atoms with Crippen LogP contribution in [0, 0.1) is 0 Å². The van der Waals surface area contributed by atoms with Gasteiger partial charge in [0.15, 0.2) is 0 Å². The number of phosphoric acid groups is 1. The lowest BCUT2D eigenvalue weighted by Gasteiger charge is -2.41. The Bertz CT molecular complexity index is 447. The van der Waals surface area contributed by atoms with E-state index in [1.165, 1.54) is 21.3 Å². The molecule has 0 rings (SSSR count). The summed E-state index contributed by atoms with van der Waals surface area (Å²) in [6.07, 6.45) is 0.944. The predicted octanol–water partition coefficient (Wildman–Crippen LogP) is 4.51. The molecule has 0 bridgehead atoms. The van der Waals surface area contributed by atoms with Crippen molar-refractivity contribution in [2.45, 2.75) is 78.2 Å².